The van der Waals surface area contributed by atoms with Gasteiger partial charge in [-0.05, 0) is 46.0 Å². The summed E-state index contributed by atoms with van der Waals surface area (Å²) >= 11 is 0. The van der Waals surface area contributed by atoms with Crippen molar-refractivity contribution in [3.05, 3.63) is 24.2 Å². The first kappa shape index (κ1) is 20.0. The van der Waals surface area contributed by atoms with Crippen LogP contribution in [0.1, 0.15) is 38.8 Å². The number of rotatable bonds is 6. The fourth-order valence-corrected chi connectivity index (χ4v) is 3.06. The Morgan fingerprint density at radius 1 is 1.46 bits per heavy atom. The van der Waals surface area contributed by atoms with Crippen LogP contribution in [-0.4, -0.2) is 43.7 Å². The van der Waals surface area contributed by atoms with Crippen molar-refractivity contribution >= 4 is 11.6 Å². The van der Waals surface area contributed by atoms with Crippen molar-refractivity contribution in [1.82, 2.24) is 19.7 Å². The van der Waals surface area contributed by atoms with E-state index in [4.69, 9.17) is 4.74 Å². The molecule has 2 aromatic rings. The summed E-state index contributed by atoms with van der Waals surface area (Å²) in [5, 5.41) is 26.2. The topological polar surface area (TPSA) is 109 Å². The van der Waals surface area contributed by atoms with Gasteiger partial charge in [-0.1, -0.05) is 0 Å². The predicted molar refractivity (Wildman–Crippen MR) is 101 cm³/mol. The Kier molecular flexibility index (Phi) is 5.79. The standard InChI is InChI=1S/C19H25FN6O2/c1-12-15(9-26(25-12)19(2,3)11-21)23-18-22-7-6-17(24-18)28-10-13-4-5-16(27)14(20)8-13/h6-7,9,13-14,16,27H,4-5,8,10H2,1-3H3,(H,22,23,24)/t13-,14-,16-/m0/s1. The average Bonchev–Trinajstić information content (AvgIpc) is 3.04. The summed E-state index contributed by atoms with van der Waals surface area (Å²) in [6, 6.07) is 3.85. The molecule has 1 saturated carbocycles. The molecule has 1 aliphatic carbocycles. The Balaban J connectivity index is 1.63. The van der Waals surface area contributed by atoms with E-state index in [1.54, 1.807) is 37.0 Å². The van der Waals surface area contributed by atoms with E-state index in [0.29, 0.717) is 42.7 Å². The third-order valence-electron chi connectivity index (χ3n) is 4.94. The quantitative estimate of drug-likeness (QED) is 0.783. The molecule has 28 heavy (non-hydrogen) atoms. The first-order valence-electron chi connectivity index (χ1n) is 9.31. The highest BCUT2D eigenvalue weighted by atomic mass is 19.1. The predicted octanol–water partition coefficient (Wildman–Crippen LogP) is 2.86. The van der Waals surface area contributed by atoms with E-state index in [1.807, 2.05) is 6.92 Å². The maximum Gasteiger partial charge on any atom is 0.230 e. The van der Waals surface area contributed by atoms with Gasteiger partial charge in [-0.15, -0.1) is 0 Å². The molecule has 0 bridgehead atoms. The maximum absolute atomic E-state index is 13.6. The average molecular weight is 388 g/mol. The fraction of sp³-hybridized carbons (Fsp3) is 0.579. The number of ether oxygens (including phenoxy) is 1. The van der Waals surface area contributed by atoms with Crippen LogP contribution >= 0.6 is 0 Å². The summed E-state index contributed by atoms with van der Waals surface area (Å²) in [4.78, 5) is 8.52. The van der Waals surface area contributed by atoms with Gasteiger partial charge in [-0.3, -0.25) is 4.68 Å². The lowest BCUT2D eigenvalue weighted by Gasteiger charge is -2.28. The van der Waals surface area contributed by atoms with Gasteiger partial charge in [0.2, 0.25) is 11.8 Å². The van der Waals surface area contributed by atoms with Crippen LogP contribution in [0, 0.1) is 24.2 Å². The van der Waals surface area contributed by atoms with E-state index in [2.05, 4.69) is 26.5 Å². The minimum absolute atomic E-state index is 0.0541. The second-order valence-electron chi connectivity index (χ2n) is 7.66. The van der Waals surface area contributed by atoms with E-state index in [-0.39, 0.29) is 5.92 Å². The number of aliphatic hydroxyl groups excluding tert-OH is 1. The maximum atomic E-state index is 13.6. The van der Waals surface area contributed by atoms with Crippen LogP contribution < -0.4 is 10.1 Å². The monoisotopic (exact) mass is 388 g/mol. The largest absolute Gasteiger partial charge is 0.477 e. The number of hydrogen-bond acceptors (Lipinski definition) is 7. The summed E-state index contributed by atoms with van der Waals surface area (Å²) < 4.78 is 20.9. The van der Waals surface area contributed by atoms with E-state index >= 15 is 0 Å². The molecule has 0 saturated heterocycles. The highest BCUT2D eigenvalue weighted by Crippen LogP contribution is 2.28. The van der Waals surface area contributed by atoms with Crippen LogP contribution in [-0.2, 0) is 5.54 Å². The third kappa shape index (κ3) is 4.57. The van der Waals surface area contributed by atoms with E-state index in [0.717, 1.165) is 6.42 Å². The van der Waals surface area contributed by atoms with Gasteiger partial charge >= 0.3 is 0 Å². The van der Waals surface area contributed by atoms with Crippen LogP contribution in [0.2, 0.25) is 0 Å². The number of alkyl halides is 1. The second-order valence-corrected chi connectivity index (χ2v) is 7.66. The SMILES string of the molecule is Cc1nn(C(C)(C)C#N)cc1Nc1nccc(OC[C@H]2CC[C@H](O)[C@@H](F)C2)n1. The molecular weight excluding hydrogens is 363 g/mol. The molecule has 0 aromatic carbocycles. The number of nitrogens with one attached hydrogen (secondary N) is 1. The lowest BCUT2D eigenvalue weighted by atomic mass is 9.87. The van der Waals surface area contributed by atoms with Crippen LogP contribution in [0.5, 0.6) is 5.88 Å². The summed E-state index contributed by atoms with van der Waals surface area (Å²) in [6.45, 7) is 5.73. The number of hydrogen-bond donors (Lipinski definition) is 2. The number of aliphatic hydroxyl groups is 1. The fourth-order valence-electron chi connectivity index (χ4n) is 3.06. The van der Waals surface area contributed by atoms with E-state index < -0.39 is 17.8 Å². The minimum Gasteiger partial charge on any atom is -0.477 e. The van der Waals surface area contributed by atoms with Crippen LogP contribution in [0.15, 0.2) is 18.5 Å². The highest BCUT2D eigenvalue weighted by molar-refractivity contribution is 5.55. The highest BCUT2D eigenvalue weighted by Gasteiger charge is 2.29. The van der Waals surface area contributed by atoms with Crippen LogP contribution in [0.25, 0.3) is 0 Å². The number of anilines is 2. The van der Waals surface area contributed by atoms with Gasteiger partial charge < -0.3 is 15.2 Å². The number of nitrogens with zero attached hydrogens (tertiary/aromatic N) is 5. The summed E-state index contributed by atoms with van der Waals surface area (Å²) in [6.07, 6.45) is 2.74. The Bertz CT molecular complexity index is 862. The number of halogens is 1. The molecular formula is C19H25FN6O2. The van der Waals surface area contributed by atoms with Crippen molar-refractivity contribution in [2.24, 2.45) is 5.92 Å². The molecule has 1 aliphatic rings. The molecule has 2 N–H and O–H groups in total. The molecule has 0 spiro atoms. The summed E-state index contributed by atoms with van der Waals surface area (Å²) in [5.74, 6) is 0.789. The van der Waals surface area contributed by atoms with Gasteiger partial charge in [0.05, 0.1) is 36.4 Å². The minimum atomic E-state index is -1.19. The lowest BCUT2D eigenvalue weighted by Crippen LogP contribution is -2.32. The van der Waals surface area contributed by atoms with Crippen molar-refractivity contribution in [2.45, 2.75) is 57.8 Å². The molecule has 2 heterocycles. The molecule has 2 aromatic heterocycles. The Morgan fingerprint density at radius 3 is 2.96 bits per heavy atom. The molecule has 8 nitrogen and oxygen atoms in total. The van der Waals surface area contributed by atoms with Gasteiger partial charge in [0.15, 0.2) is 0 Å². The van der Waals surface area contributed by atoms with Crippen molar-refractivity contribution < 1.29 is 14.2 Å². The first-order valence-corrected chi connectivity index (χ1v) is 9.31. The number of nitriles is 1. The number of aromatic nitrogens is 4. The van der Waals surface area contributed by atoms with Gasteiger partial charge in [0, 0.05) is 12.3 Å². The molecule has 0 aliphatic heterocycles. The first-order chi connectivity index (χ1) is 13.3. The summed E-state index contributed by atoms with van der Waals surface area (Å²) in [7, 11) is 0. The number of aryl methyl sites for hydroxylation is 1. The Morgan fingerprint density at radius 2 is 2.25 bits per heavy atom. The van der Waals surface area contributed by atoms with Gasteiger partial charge in [0.25, 0.3) is 0 Å². The molecule has 9 heteroatoms. The molecule has 1 fully saturated rings. The second kappa shape index (κ2) is 8.10. The van der Waals surface area contributed by atoms with Crippen molar-refractivity contribution in [2.75, 3.05) is 11.9 Å². The van der Waals surface area contributed by atoms with Gasteiger partial charge in [0.1, 0.15) is 11.7 Å². The van der Waals surface area contributed by atoms with Crippen LogP contribution in [0.4, 0.5) is 16.0 Å². The molecule has 3 atom stereocenters. The molecule has 0 radical (unpaired) electrons. The van der Waals surface area contributed by atoms with E-state index in [9.17, 15) is 14.8 Å². The van der Waals surface area contributed by atoms with Crippen molar-refractivity contribution in [1.29, 1.82) is 5.26 Å². The third-order valence-corrected chi connectivity index (χ3v) is 4.94. The molecule has 0 unspecified atom stereocenters. The Hall–Kier alpha value is -2.73. The lowest BCUT2D eigenvalue weighted by molar-refractivity contribution is 0.0147. The summed E-state index contributed by atoms with van der Waals surface area (Å²) in [5.41, 5.74) is 0.647. The van der Waals surface area contributed by atoms with Gasteiger partial charge in [-0.25, -0.2) is 9.37 Å². The zero-order chi connectivity index (χ0) is 20.3. The molecule has 150 valence electrons. The van der Waals surface area contributed by atoms with Crippen LogP contribution in [0.3, 0.4) is 0 Å². The van der Waals surface area contributed by atoms with Crippen molar-refractivity contribution in [3.63, 3.8) is 0 Å². The van der Waals surface area contributed by atoms with Gasteiger partial charge in [-0.2, -0.15) is 15.3 Å². The Labute approximate surface area is 163 Å². The normalized spacial score (nSPS) is 22.5. The van der Waals surface area contributed by atoms with Crippen molar-refractivity contribution in [3.8, 4) is 11.9 Å². The zero-order valence-electron chi connectivity index (χ0n) is 16.3. The molecule has 3 rings (SSSR count). The smallest absolute Gasteiger partial charge is 0.230 e. The van der Waals surface area contributed by atoms with E-state index in [1.165, 1.54) is 0 Å². The zero-order valence-corrected chi connectivity index (χ0v) is 16.3. The molecule has 0 amide bonds.